The van der Waals surface area contributed by atoms with Crippen LogP contribution in [0.4, 0.5) is 11.4 Å². The first-order valence-corrected chi connectivity index (χ1v) is 6.98. The number of phenolic OH excluding ortho intramolecular Hbond substituents is 1. The van der Waals surface area contributed by atoms with Gasteiger partial charge in [-0.25, -0.2) is 0 Å². The molecule has 1 saturated heterocycles. The van der Waals surface area contributed by atoms with Gasteiger partial charge < -0.3 is 15.7 Å². The number of anilines is 1. The number of hydrogen-bond acceptors (Lipinski definition) is 5. The minimum Gasteiger partial charge on any atom is -0.506 e. The minimum absolute atomic E-state index is 0.154. The van der Waals surface area contributed by atoms with Crippen LogP contribution in [-0.2, 0) is 4.79 Å². The number of benzene rings is 1. The summed E-state index contributed by atoms with van der Waals surface area (Å²) < 4.78 is 0. The monoisotopic (exact) mass is 293 g/mol. The van der Waals surface area contributed by atoms with E-state index in [2.05, 4.69) is 10.6 Å². The van der Waals surface area contributed by atoms with Gasteiger partial charge in [0.05, 0.1) is 22.1 Å². The van der Waals surface area contributed by atoms with Gasteiger partial charge in [0.25, 0.3) is 5.69 Å². The summed E-state index contributed by atoms with van der Waals surface area (Å²) in [5.41, 5.74) is -0.479. The van der Waals surface area contributed by atoms with E-state index in [-0.39, 0.29) is 23.0 Å². The van der Waals surface area contributed by atoms with Gasteiger partial charge in [-0.3, -0.25) is 14.9 Å². The molecule has 7 heteroatoms. The molecule has 1 fully saturated rings. The Bertz CT molecular complexity index is 553. The van der Waals surface area contributed by atoms with E-state index in [0.717, 1.165) is 31.9 Å². The fourth-order valence-corrected chi connectivity index (χ4v) is 2.74. The number of carbonyl (C=O) groups excluding carboxylic acids is 1. The Morgan fingerprint density at radius 3 is 2.86 bits per heavy atom. The van der Waals surface area contributed by atoms with E-state index in [1.54, 1.807) is 0 Å². The highest BCUT2D eigenvalue weighted by atomic mass is 16.6. The molecule has 1 aromatic rings. The van der Waals surface area contributed by atoms with Gasteiger partial charge >= 0.3 is 0 Å². The van der Waals surface area contributed by atoms with Gasteiger partial charge in [-0.05, 0) is 25.5 Å². The first kappa shape index (κ1) is 15.2. The van der Waals surface area contributed by atoms with Crippen molar-refractivity contribution in [3.63, 3.8) is 0 Å². The molecule has 1 aliphatic heterocycles. The Morgan fingerprint density at radius 2 is 2.33 bits per heavy atom. The highest BCUT2D eigenvalue weighted by molar-refractivity contribution is 5.97. The summed E-state index contributed by atoms with van der Waals surface area (Å²) in [5, 5.41) is 26.3. The number of hydrogen-bond donors (Lipinski definition) is 3. The Labute approximate surface area is 122 Å². The molecule has 0 aliphatic carbocycles. The summed E-state index contributed by atoms with van der Waals surface area (Å²) in [7, 11) is 0. The molecular formula is C14H19N3O4. The van der Waals surface area contributed by atoms with Crippen LogP contribution in [0.15, 0.2) is 18.2 Å². The summed E-state index contributed by atoms with van der Waals surface area (Å²) in [4.78, 5) is 22.5. The van der Waals surface area contributed by atoms with Crippen LogP contribution < -0.4 is 10.6 Å². The van der Waals surface area contributed by atoms with Crippen LogP contribution in [0.25, 0.3) is 0 Å². The summed E-state index contributed by atoms with van der Waals surface area (Å²) in [6, 6.07) is 3.65. The number of aromatic hydroxyl groups is 1. The molecule has 1 aliphatic rings. The van der Waals surface area contributed by atoms with Crippen molar-refractivity contribution in [2.75, 3.05) is 18.4 Å². The molecule has 1 amide bonds. The van der Waals surface area contributed by atoms with Gasteiger partial charge in [-0.2, -0.15) is 0 Å². The van der Waals surface area contributed by atoms with Gasteiger partial charge in [0, 0.05) is 12.6 Å². The van der Waals surface area contributed by atoms with Crippen molar-refractivity contribution in [3.05, 3.63) is 28.3 Å². The number of nitro benzene ring substituents is 1. The number of nitrogens with one attached hydrogen (secondary N) is 2. The maximum atomic E-state index is 12.5. The maximum absolute atomic E-state index is 12.5. The Morgan fingerprint density at radius 1 is 1.57 bits per heavy atom. The fraction of sp³-hybridized carbons (Fsp3) is 0.500. The lowest BCUT2D eigenvalue weighted by atomic mass is 9.81. The Hall–Kier alpha value is -2.15. The number of nitro groups is 1. The molecule has 1 aromatic carbocycles. The van der Waals surface area contributed by atoms with Crippen molar-refractivity contribution < 1.29 is 14.8 Å². The molecule has 1 heterocycles. The number of nitrogens with zero attached hydrogens (tertiary/aromatic N) is 1. The number of amides is 1. The van der Waals surface area contributed by atoms with Crippen molar-refractivity contribution >= 4 is 17.3 Å². The second-order valence-corrected chi connectivity index (χ2v) is 5.37. The lowest BCUT2D eigenvalue weighted by molar-refractivity contribution is -0.384. The van der Waals surface area contributed by atoms with Crippen molar-refractivity contribution in [1.82, 2.24) is 5.32 Å². The summed E-state index contributed by atoms with van der Waals surface area (Å²) >= 11 is 0. The van der Waals surface area contributed by atoms with Crippen LogP contribution in [0.1, 0.15) is 26.2 Å². The normalized spacial score (nSPS) is 21.2. The predicted molar refractivity (Wildman–Crippen MR) is 78.2 cm³/mol. The number of non-ortho nitro benzene ring substituents is 1. The van der Waals surface area contributed by atoms with E-state index in [0.29, 0.717) is 6.54 Å². The Balaban J connectivity index is 2.17. The lowest BCUT2D eigenvalue weighted by Gasteiger charge is -2.26. The van der Waals surface area contributed by atoms with Crippen molar-refractivity contribution in [1.29, 1.82) is 0 Å². The van der Waals surface area contributed by atoms with Gasteiger partial charge in [-0.1, -0.05) is 13.3 Å². The quantitative estimate of drug-likeness (QED) is 0.437. The van der Waals surface area contributed by atoms with Crippen molar-refractivity contribution in [3.8, 4) is 5.75 Å². The molecule has 21 heavy (non-hydrogen) atoms. The van der Waals surface area contributed by atoms with Gasteiger partial charge in [0.15, 0.2) is 0 Å². The van der Waals surface area contributed by atoms with Crippen molar-refractivity contribution in [2.45, 2.75) is 26.2 Å². The van der Waals surface area contributed by atoms with E-state index in [1.807, 2.05) is 6.92 Å². The first-order chi connectivity index (χ1) is 9.98. The van der Waals surface area contributed by atoms with E-state index in [9.17, 15) is 20.0 Å². The van der Waals surface area contributed by atoms with Crippen LogP contribution in [0.5, 0.6) is 5.75 Å². The van der Waals surface area contributed by atoms with E-state index >= 15 is 0 Å². The van der Waals surface area contributed by atoms with Crippen LogP contribution in [0.2, 0.25) is 0 Å². The van der Waals surface area contributed by atoms with Gasteiger partial charge in [0.2, 0.25) is 5.91 Å². The molecule has 0 aromatic heterocycles. The second-order valence-electron chi connectivity index (χ2n) is 5.37. The van der Waals surface area contributed by atoms with Crippen molar-refractivity contribution in [2.24, 2.45) is 5.41 Å². The fourth-order valence-electron chi connectivity index (χ4n) is 2.74. The highest BCUT2D eigenvalue weighted by Crippen LogP contribution is 2.34. The number of rotatable bonds is 5. The molecule has 0 saturated carbocycles. The summed E-state index contributed by atoms with van der Waals surface area (Å²) in [6.45, 7) is 3.43. The topological polar surface area (TPSA) is 104 Å². The summed E-state index contributed by atoms with van der Waals surface area (Å²) in [6.07, 6.45) is 2.40. The molecule has 1 atom stereocenters. The zero-order valence-corrected chi connectivity index (χ0v) is 11.9. The van der Waals surface area contributed by atoms with Crippen LogP contribution >= 0.6 is 0 Å². The van der Waals surface area contributed by atoms with Gasteiger partial charge in [-0.15, -0.1) is 0 Å². The largest absolute Gasteiger partial charge is 0.506 e. The molecular weight excluding hydrogens is 274 g/mol. The molecule has 114 valence electrons. The third-order valence-electron chi connectivity index (χ3n) is 3.89. The average Bonchev–Trinajstić information content (AvgIpc) is 2.91. The molecule has 2 rings (SSSR count). The SMILES string of the molecule is CCCC1(C(=O)Nc2ccc([N+](=O)[O-])cc2O)CCNC1. The highest BCUT2D eigenvalue weighted by Gasteiger charge is 2.40. The molecule has 0 bridgehead atoms. The van der Waals surface area contributed by atoms with Crippen LogP contribution in [-0.4, -0.2) is 29.0 Å². The van der Waals surface area contributed by atoms with E-state index in [4.69, 9.17) is 0 Å². The zero-order chi connectivity index (χ0) is 15.5. The minimum atomic E-state index is -0.592. The van der Waals surface area contributed by atoms with E-state index < -0.39 is 10.3 Å². The van der Waals surface area contributed by atoms with Gasteiger partial charge in [0.1, 0.15) is 5.75 Å². The van der Waals surface area contributed by atoms with E-state index in [1.165, 1.54) is 12.1 Å². The predicted octanol–water partition coefficient (Wildman–Crippen LogP) is 2.02. The molecule has 1 unspecified atom stereocenters. The molecule has 3 N–H and O–H groups in total. The zero-order valence-electron chi connectivity index (χ0n) is 11.9. The maximum Gasteiger partial charge on any atom is 0.273 e. The standard InChI is InChI=1S/C14H19N3O4/c1-2-5-14(6-7-15-9-14)13(19)16-11-4-3-10(17(20)21)8-12(11)18/h3-4,8,15,18H,2,5-7,9H2,1H3,(H,16,19). The number of carbonyl (C=O) groups is 1. The molecule has 0 spiro atoms. The second kappa shape index (κ2) is 6.09. The third kappa shape index (κ3) is 3.13. The van der Waals surface area contributed by atoms with Crippen LogP contribution in [0, 0.1) is 15.5 Å². The summed E-state index contributed by atoms with van der Waals surface area (Å²) in [5.74, 6) is -0.450. The van der Waals surface area contributed by atoms with Crippen LogP contribution in [0.3, 0.4) is 0 Å². The molecule has 0 radical (unpaired) electrons. The smallest absolute Gasteiger partial charge is 0.273 e. The average molecular weight is 293 g/mol. The number of phenols is 1. The molecule has 7 nitrogen and oxygen atoms in total. The Kier molecular flexibility index (Phi) is 4.42. The first-order valence-electron chi connectivity index (χ1n) is 6.98. The lowest BCUT2D eigenvalue weighted by Crippen LogP contribution is -2.38. The third-order valence-corrected chi connectivity index (χ3v) is 3.89.